The van der Waals surface area contributed by atoms with Gasteiger partial charge in [-0.25, -0.2) is 4.98 Å². The number of hydrogen-bond donors (Lipinski definition) is 2. The van der Waals surface area contributed by atoms with Crippen LogP contribution in [0.5, 0.6) is 0 Å². The van der Waals surface area contributed by atoms with Crippen molar-refractivity contribution in [3.05, 3.63) is 17.8 Å². The molecule has 0 saturated carbocycles. The van der Waals surface area contributed by atoms with Crippen LogP contribution in [0.15, 0.2) is 10.7 Å². The highest BCUT2D eigenvalue weighted by Crippen LogP contribution is 2.16. The topological polar surface area (TPSA) is 81.1 Å². The number of nitrogens with two attached hydrogens (primary N) is 1. The fourth-order valence-electron chi connectivity index (χ4n) is 2.31. The van der Waals surface area contributed by atoms with Crippen molar-refractivity contribution in [1.82, 2.24) is 10.3 Å². The normalized spacial score (nSPS) is 14.1. The summed E-state index contributed by atoms with van der Waals surface area (Å²) < 4.78 is 5.34. The fourth-order valence-corrected chi connectivity index (χ4v) is 2.31. The lowest BCUT2D eigenvalue weighted by atomic mass is 10.0. The van der Waals surface area contributed by atoms with E-state index in [0.29, 0.717) is 17.5 Å². The molecule has 0 fully saturated rings. The summed E-state index contributed by atoms with van der Waals surface area (Å²) in [5.74, 6) is 0.964. The van der Waals surface area contributed by atoms with E-state index < -0.39 is 0 Å². The van der Waals surface area contributed by atoms with Crippen molar-refractivity contribution < 1.29 is 9.21 Å². The minimum atomic E-state index is -0.232. The summed E-state index contributed by atoms with van der Waals surface area (Å²) in [4.78, 5) is 16.3. The van der Waals surface area contributed by atoms with E-state index in [9.17, 15) is 4.79 Å². The summed E-state index contributed by atoms with van der Waals surface area (Å²) in [6.45, 7) is 8.55. The van der Waals surface area contributed by atoms with Crippen LogP contribution in [0.2, 0.25) is 0 Å². The summed E-state index contributed by atoms with van der Waals surface area (Å²) in [5.41, 5.74) is 6.32. The molecule has 126 valence electrons. The van der Waals surface area contributed by atoms with E-state index >= 15 is 0 Å². The standard InChI is InChI=1S/C17H31N3O2/c1-5-6-10-14(18)17-20-15(11-22-17)16(21)19-13(4)9-7-8-12(2)3/h11-14H,5-10,18H2,1-4H3,(H,19,21). The van der Waals surface area contributed by atoms with Crippen molar-refractivity contribution in [2.24, 2.45) is 11.7 Å². The van der Waals surface area contributed by atoms with Crippen molar-refractivity contribution in [1.29, 1.82) is 0 Å². The minimum absolute atomic E-state index is 0.139. The van der Waals surface area contributed by atoms with E-state index in [-0.39, 0.29) is 18.0 Å². The van der Waals surface area contributed by atoms with Crippen LogP contribution in [0.1, 0.15) is 88.6 Å². The first-order valence-electron chi connectivity index (χ1n) is 8.45. The van der Waals surface area contributed by atoms with E-state index in [2.05, 4.69) is 31.1 Å². The van der Waals surface area contributed by atoms with Gasteiger partial charge in [-0.05, 0) is 25.7 Å². The molecule has 1 aromatic rings. The Labute approximate surface area is 134 Å². The van der Waals surface area contributed by atoms with Crippen LogP contribution >= 0.6 is 0 Å². The third-order valence-electron chi connectivity index (χ3n) is 3.74. The second-order valence-corrected chi connectivity index (χ2v) is 6.52. The average molecular weight is 309 g/mol. The maximum atomic E-state index is 12.1. The molecule has 1 aromatic heterocycles. The molecule has 3 N–H and O–H groups in total. The summed E-state index contributed by atoms with van der Waals surface area (Å²) in [6.07, 6.45) is 7.60. The van der Waals surface area contributed by atoms with Crippen molar-refractivity contribution in [3.63, 3.8) is 0 Å². The average Bonchev–Trinajstić information content (AvgIpc) is 2.94. The van der Waals surface area contributed by atoms with Crippen molar-refractivity contribution >= 4 is 5.91 Å². The molecular formula is C17H31N3O2. The molecule has 5 nitrogen and oxygen atoms in total. The monoisotopic (exact) mass is 309 g/mol. The van der Waals surface area contributed by atoms with Gasteiger partial charge in [0.2, 0.25) is 5.89 Å². The van der Waals surface area contributed by atoms with E-state index in [1.54, 1.807) is 0 Å². The first-order chi connectivity index (χ1) is 10.4. The summed E-state index contributed by atoms with van der Waals surface area (Å²) in [5, 5.41) is 2.96. The van der Waals surface area contributed by atoms with Crippen molar-refractivity contribution in [3.8, 4) is 0 Å². The Bertz CT molecular complexity index is 443. The van der Waals surface area contributed by atoms with Crippen LogP contribution < -0.4 is 11.1 Å². The number of carbonyl (C=O) groups excluding carboxylic acids is 1. The fraction of sp³-hybridized carbons (Fsp3) is 0.765. The van der Waals surface area contributed by atoms with Gasteiger partial charge >= 0.3 is 0 Å². The van der Waals surface area contributed by atoms with E-state index in [0.717, 1.165) is 32.1 Å². The predicted octanol–water partition coefficient (Wildman–Crippen LogP) is 3.81. The van der Waals surface area contributed by atoms with Gasteiger partial charge in [0.15, 0.2) is 5.69 Å². The van der Waals surface area contributed by atoms with Gasteiger partial charge in [0, 0.05) is 6.04 Å². The zero-order chi connectivity index (χ0) is 16.5. The molecule has 0 saturated heterocycles. The number of hydrogen-bond acceptors (Lipinski definition) is 4. The molecule has 0 aliphatic rings. The van der Waals surface area contributed by atoms with Crippen molar-refractivity contribution in [2.75, 3.05) is 0 Å². The van der Waals surface area contributed by atoms with Gasteiger partial charge in [0.25, 0.3) is 5.91 Å². The lowest BCUT2D eigenvalue weighted by Gasteiger charge is -2.13. The summed E-state index contributed by atoms with van der Waals surface area (Å²) in [7, 11) is 0. The molecule has 0 spiro atoms. The number of rotatable bonds is 10. The third-order valence-corrected chi connectivity index (χ3v) is 3.74. The van der Waals surface area contributed by atoms with Crippen LogP contribution in [0.4, 0.5) is 0 Å². The van der Waals surface area contributed by atoms with E-state index in [1.165, 1.54) is 12.7 Å². The molecule has 2 atom stereocenters. The minimum Gasteiger partial charge on any atom is -0.446 e. The number of unbranched alkanes of at least 4 members (excludes halogenated alkanes) is 1. The van der Waals surface area contributed by atoms with Crippen LogP contribution in [-0.2, 0) is 0 Å². The van der Waals surface area contributed by atoms with Crippen LogP contribution in [-0.4, -0.2) is 16.9 Å². The van der Waals surface area contributed by atoms with Gasteiger partial charge in [-0.15, -0.1) is 0 Å². The molecule has 22 heavy (non-hydrogen) atoms. The molecule has 2 unspecified atom stereocenters. The lowest BCUT2D eigenvalue weighted by molar-refractivity contribution is 0.0932. The Morgan fingerprint density at radius 1 is 1.27 bits per heavy atom. The Kier molecular flexibility index (Phi) is 8.17. The Morgan fingerprint density at radius 3 is 2.64 bits per heavy atom. The molecule has 1 rings (SSSR count). The third kappa shape index (κ3) is 6.60. The lowest BCUT2D eigenvalue weighted by Crippen LogP contribution is -2.32. The maximum Gasteiger partial charge on any atom is 0.273 e. The second-order valence-electron chi connectivity index (χ2n) is 6.52. The van der Waals surface area contributed by atoms with Gasteiger partial charge in [-0.1, -0.05) is 46.5 Å². The van der Waals surface area contributed by atoms with Crippen LogP contribution in [0.3, 0.4) is 0 Å². The highest BCUT2D eigenvalue weighted by Gasteiger charge is 2.17. The molecule has 0 radical (unpaired) electrons. The van der Waals surface area contributed by atoms with Gasteiger partial charge in [0.1, 0.15) is 6.26 Å². The Balaban J connectivity index is 2.43. The van der Waals surface area contributed by atoms with Gasteiger partial charge in [-0.3, -0.25) is 4.79 Å². The number of amides is 1. The Morgan fingerprint density at radius 2 is 2.00 bits per heavy atom. The molecule has 1 heterocycles. The van der Waals surface area contributed by atoms with Gasteiger partial charge in [-0.2, -0.15) is 0 Å². The van der Waals surface area contributed by atoms with Crippen molar-refractivity contribution in [2.45, 2.75) is 78.3 Å². The largest absolute Gasteiger partial charge is 0.446 e. The quantitative estimate of drug-likeness (QED) is 0.688. The number of nitrogens with zero attached hydrogens (tertiary/aromatic N) is 1. The van der Waals surface area contributed by atoms with Gasteiger partial charge in [0.05, 0.1) is 6.04 Å². The summed E-state index contributed by atoms with van der Waals surface area (Å²) >= 11 is 0. The molecule has 0 bridgehead atoms. The smallest absolute Gasteiger partial charge is 0.273 e. The van der Waals surface area contributed by atoms with E-state index in [4.69, 9.17) is 10.2 Å². The molecule has 0 aromatic carbocycles. The Hall–Kier alpha value is -1.36. The molecule has 0 aliphatic carbocycles. The molecule has 0 aliphatic heterocycles. The second kappa shape index (κ2) is 9.62. The molecular weight excluding hydrogens is 278 g/mol. The molecule has 5 heteroatoms. The number of aromatic nitrogens is 1. The van der Waals surface area contributed by atoms with Crippen LogP contribution in [0.25, 0.3) is 0 Å². The molecule has 1 amide bonds. The number of oxazole rings is 1. The predicted molar refractivity (Wildman–Crippen MR) is 88.6 cm³/mol. The zero-order valence-electron chi connectivity index (χ0n) is 14.4. The number of nitrogens with one attached hydrogen (secondary N) is 1. The van der Waals surface area contributed by atoms with Gasteiger partial charge < -0.3 is 15.5 Å². The zero-order valence-corrected chi connectivity index (χ0v) is 14.4. The first-order valence-corrected chi connectivity index (χ1v) is 8.45. The highest BCUT2D eigenvalue weighted by molar-refractivity contribution is 5.92. The van der Waals surface area contributed by atoms with E-state index in [1.807, 2.05) is 6.92 Å². The summed E-state index contributed by atoms with van der Waals surface area (Å²) in [6, 6.07) is -0.0925. The first kappa shape index (κ1) is 18.7. The highest BCUT2D eigenvalue weighted by atomic mass is 16.3. The maximum absolute atomic E-state index is 12.1. The number of carbonyl (C=O) groups is 1. The SMILES string of the molecule is CCCCC(N)c1nc(C(=O)NC(C)CCCC(C)C)co1. The van der Waals surface area contributed by atoms with Crippen LogP contribution in [0, 0.1) is 5.92 Å².